The zero-order valence-corrected chi connectivity index (χ0v) is 11.6. The highest BCUT2D eigenvalue weighted by atomic mass is 16.6. The SMILES string of the molecule is CCOC(=O)C1=c2ccccc2=C2C(C)=CC=CC2O1. The van der Waals surface area contributed by atoms with Crippen molar-refractivity contribution in [3.05, 3.63) is 58.5 Å². The maximum atomic E-state index is 12.1. The van der Waals surface area contributed by atoms with Gasteiger partial charge in [0.2, 0.25) is 5.76 Å². The topological polar surface area (TPSA) is 35.5 Å². The molecule has 0 N–H and O–H groups in total. The molecule has 3 nitrogen and oxygen atoms in total. The average molecular weight is 268 g/mol. The molecule has 3 heteroatoms. The number of ether oxygens (including phenoxy) is 2. The van der Waals surface area contributed by atoms with Crippen LogP contribution in [0.25, 0.3) is 11.3 Å². The molecule has 1 aromatic rings. The quantitative estimate of drug-likeness (QED) is 0.761. The lowest BCUT2D eigenvalue weighted by atomic mass is 9.92. The van der Waals surface area contributed by atoms with Gasteiger partial charge in [0.1, 0.15) is 6.10 Å². The third kappa shape index (κ3) is 1.95. The summed E-state index contributed by atoms with van der Waals surface area (Å²) in [6.07, 6.45) is 5.76. The van der Waals surface area contributed by atoms with Gasteiger partial charge in [0, 0.05) is 10.8 Å². The van der Waals surface area contributed by atoms with E-state index in [9.17, 15) is 4.79 Å². The van der Waals surface area contributed by atoms with Gasteiger partial charge in [0.05, 0.1) is 6.61 Å². The summed E-state index contributed by atoms with van der Waals surface area (Å²) < 4.78 is 11.0. The van der Waals surface area contributed by atoms with Crippen LogP contribution in [0.3, 0.4) is 0 Å². The molecule has 1 aromatic carbocycles. The second-order valence-corrected chi connectivity index (χ2v) is 4.78. The first kappa shape index (κ1) is 12.7. The maximum Gasteiger partial charge on any atom is 0.374 e. The van der Waals surface area contributed by atoms with Crippen LogP contribution in [0.2, 0.25) is 0 Å². The minimum absolute atomic E-state index is 0.214. The Labute approximate surface area is 117 Å². The Kier molecular flexibility index (Phi) is 3.18. The summed E-state index contributed by atoms with van der Waals surface area (Å²) in [5.74, 6) is -0.102. The fourth-order valence-corrected chi connectivity index (χ4v) is 2.64. The Morgan fingerprint density at radius 1 is 1.30 bits per heavy atom. The Hall–Kier alpha value is -2.29. The lowest BCUT2D eigenvalue weighted by Crippen LogP contribution is -2.41. The van der Waals surface area contributed by atoms with Crippen LogP contribution in [0.5, 0.6) is 0 Å². The van der Waals surface area contributed by atoms with Gasteiger partial charge < -0.3 is 9.47 Å². The monoisotopic (exact) mass is 268 g/mol. The molecular formula is C17H16O3. The molecule has 20 heavy (non-hydrogen) atoms. The number of rotatable bonds is 2. The molecule has 2 aliphatic rings. The second kappa shape index (κ2) is 5.00. The highest BCUT2D eigenvalue weighted by Gasteiger charge is 2.27. The molecule has 0 saturated carbocycles. The van der Waals surface area contributed by atoms with Crippen molar-refractivity contribution in [1.29, 1.82) is 0 Å². The van der Waals surface area contributed by atoms with E-state index in [0.29, 0.717) is 12.4 Å². The molecule has 1 aliphatic carbocycles. The molecule has 0 saturated heterocycles. The van der Waals surface area contributed by atoms with Crippen molar-refractivity contribution in [3.63, 3.8) is 0 Å². The fraction of sp³-hybridized carbons (Fsp3) is 0.235. The van der Waals surface area contributed by atoms with E-state index in [4.69, 9.17) is 9.47 Å². The molecule has 0 fully saturated rings. The van der Waals surface area contributed by atoms with Crippen molar-refractivity contribution >= 4 is 17.3 Å². The van der Waals surface area contributed by atoms with Crippen molar-refractivity contribution in [2.24, 2.45) is 0 Å². The summed E-state index contributed by atoms with van der Waals surface area (Å²) in [7, 11) is 0. The zero-order valence-electron chi connectivity index (χ0n) is 11.6. The number of benzene rings is 1. The van der Waals surface area contributed by atoms with Crippen molar-refractivity contribution < 1.29 is 14.3 Å². The van der Waals surface area contributed by atoms with Crippen molar-refractivity contribution in [2.75, 3.05) is 6.61 Å². The third-order valence-electron chi connectivity index (χ3n) is 3.51. The molecule has 102 valence electrons. The van der Waals surface area contributed by atoms with Gasteiger partial charge in [-0.2, -0.15) is 0 Å². The van der Waals surface area contributed by atoms with E-state index in [-0.39, 0.29) is 6.10 Å². The number of fused-ring (bicyclic) bond motifs is 2. The van der Waals surface area contributed by atoms with Gasteiger partial charge in [-0.25, -0.2) is 4.79 Å². The highest BCUT2D eigenvalue weighted by molar-refractivity contribution is 6.07. The van der Waals surface area contributed by atoms with Gasteiger partial charge in [-0.05, 0) is 30.7 Å². The van der Waals surface area contributed by atoms with E-state index < -0.39 is 5.97 Å². The van der Waals surface area contributed by atoms with E-state index in [1.54, 1.807) is 6.92 Å². The lowest BCUT2D eigenvalue weighted by Gasteiger charge is -2.26. The smallest absolute Gasteiger partial charge is 0.374 e. The van der Waals surface area contributed by atoms with Gasteiger partial charge in [0.25, 0.3) is 0 Å². The third-order valence-corrected chi connectivity index (χ3v) is 3.51. The molecular weight excluding hydrogens is 252 g/mol. The zero-order chi connectivity index (χ0) is 14.1. The van der Waals surface area contributed by atoms with Gasteiger partial charge in [-0.15, -0.1) is 0 Å². The average Bonchev–Trinajstić information content (AvgIpc) is 2.46. The van der Waals surface area contributed by atoms with Crippen LogP contribution in [-0.2, 0) is 14.3 Å². The molecule has 1 atom stereocenters. The Morgan fingerprint density at radius 3 is 2.80 bits per heavy atom. The maximum absolute atomic E-state index is 12.1. The summed E-state index contributed by atoms with van der Waals surface area (Å²) >= 11 is 0. The normalized spacial score (nSPS) is 19.7. The summed E-state index contributed by atoms with van der Waals surface area (Å²) in [4.78, 5) is 12.1. The second-order valence-electron chi connectivity index (χ2n) is 4.78. The first-order chi connectivity index (χ1) is 9.72. The van der Waals surface area contributed by atoms with E-state index >= 15 is 0 Å². The van der Waals surface area contributed by atoms with Crippen LogP contribution < -0.4 is 10.4 Å². The molecule has 0 bridgehead atoms. The standard InChI is InChI=1S/C17H16O3/c1-3-19-17(18)16-13-9-5-4-8-12(13)15-11(2)7-6-10-14(15)20-16/h4-10,14H,3H2,1-2H3. The first-order valence-electron chi connectivity index (χ1n) is 6.75. The predicted molar refractivity (Wildman–Crippen MR) is 76.9 cm³/mol. The van der Waals surface area contributed by atoms with Gasteiger partial charge in [0.15, 0.2) is 0 Å². The number of esters is 1. The van der Waals surface area contributed by atoms with Crippen LogP contribution in [-0.4, -0.2) is 18.7 Å². The van der Waals surface area contributed by atoms with Gasteiger partial charge in [-0.1, -0.05) is 36.4 Å². The van der Waals surface area contributed by atoms with E-state index in [2.05, 4.69) is 13.0 Å². The minimum Gasteiger partial charge on any atom is -0.474 e. The molecule has 0 amide bonds. The summed E-state index contributed by atoms with van der Waals surface area (Å²) in [6, 6.07) is 7.80. The Morgan fingerprint density at radius 2 is 2.05 bits per heavy atom. The molecule has 0 spiro atoms. The fourth-order valence-electron chi connectivity index (χ4n) is 2.64. The van der Waals surface area contributed by atoms with Crippen molar-refractivity contribution in [2.45, 2.75) is 20.0 Å². The summed E-state index contributed by atoms with van der Waals surface area (Å²) in [6.45, 7) is 4.18. The number of allylic oxidation sites excluding steroid dienone is 2. The summed E-state index contributed by atoms with van der Waals surface area (Å²) in [5, 5.41) is 1.85. The van der Waals surface area contributed by atoms with Gasteiger partial charge in [-0.3, -0.25) is 0 Å². The van der Waals surface area contributed by atoms with Crippen molar-refractivity contribution in [3.8, 4) is 0 Å². The van der Waals surface area contributed by atoms with Crippen LogP contribution in [0.4, 0.5) is 0 Å². The predicted octanol–water partition coefficient (Wildman–Crippen LogP) is 1.42. The number of carbonyl (C=O) groups is 1. The molecule has 0 aromatic heterocycles. The largest absolute Gasteiger partial charge is 0.474 e. The molecule has 1 aliphatic heterocycles. The van der Waals surface area contributed by atoms with E-state index in [1.165, 1.54) is 0 Å². The van der Waals surface area contributed by atoms with E-state index in [1.807, 2.05) is 36.4 Å². The molecule has 1 heterocycles. The van der Waals surface area contributed by atoms with E-state index in [0.717, 1.165) is 21.6 Å². The minimum atomic E-state index is -0.403. The Balaban J connectivity index is 2.32. The highest BCUT2D eigenvalue weighted by Crippen LogP contribution is 2.26. The van der Waals surface area contributed by atoms with Crippen LogP contribution >= 0.6 is 0 Å². The van der Waals surface area contributed by atoms with Crippen LogP contribution in [0.1, 0.15) is 13.8 Å². The first-order valence-corrected chi connectivity index (χ1v) is 6.75. The van der Waals surface area contributed by atoms with Crippen molar-refractivity contribution in [1.82, 2.24) is 0 Å². The summed E-state index contributed by atoms with van der Waals surface area (Å²) in [5.41, 5.74) is 2.28. The lowest BCUT2D eigenvalue weighted by molar-refractivity contribution is -0.138. The molecule has 3 rings (SSSR count). The number of hydrogen-bond acceptors (Lipinski definition) is 3. The van der Waals surface area contributed by atoms with Gasteiger partial charge >= 0.3 is 5.97 Å². The van der Waals surface area contributed by atoms with Crippen LogP contribution in [0, 0.1) is 0 Å². The molecule has 1 unspecified atom stereocenters. The molecule has 0 radical (unpaired) electrons. The number of carbonyl (C=O) groups excluding carboxylic acids is 1. The van der Waals surface area contributed by atoms with Crippen LogP contribution in [0.15, 0.2) is 48.1 Å². The Bertz CT molecular complexity index is 738. The number of hydrogen-bond donors (Lipinski definition) is 0.